The first-order chi connectivity index (χ1) is 12.9. The van der Waals surface area contributed by atoms with E-state index < -0.39 is 47.3 Å². The zero-order valence-electron chi connectivity index (χ0n) is 14.5. The van der Waals surface area contributed by atoms with Crippen LogP contribution in [0.5, 0.6) is 0 Å². The van der Waals surface area contributed by atoms with Gasteiger partial charge in [0.1, 0.15) is 5.82 Å². The van der Waals surface area contributed by atoms with Gasteiger partial charge in [-0.15, -0.1) is 0 Å². The standard InChI is InChI=1S/C17H15ClF6N2O2/c1-2-3-4-12-25-14(18)13(15(27)28)26(12)8-9-5-6-10(16(19,20)21)7-11(9)17(22,23)24/h5-7H,2-4,8H2,1H3,(H,27,28). The molecule has 0 aliphatic carbocycles. The molecular formula is C17H15ClF6N2O2. The van der Waals surface area contributed by atoms with Crippen LogP contribution in [0.15, 0.2) is 18.2 Å². The van der Waals surface area contributed by atoms with Crippen LogP contribution in [0.3, 0.4) is 0 Å². The van der Waals surface area contributed by atoms with E-state index in [2.05, 4.69) is 4.98 Å². The Morgan fingerprint density at radius 2 is 1.82 bits per heavy atom. The van der Waals surface area contributed by atoms with Gasteiger partial charge in [0.05, 0.1) is 17.7 Å². The summed E-state index contributed by atoms with van der Waals surface area (Å²) in [6, 6.07) is 1.23. The third kappa shape index (κ3) is 4.78. The molecule has 0 atom stereocenters. The lowest BCUT2D eigenvalue weighted by molar-refractivity contribution is -0.143. The molecule has 11 heteroatoms. The van der Waals surface area contributed by atoms with Crippen LogP contribution in [0, 0.1) is 0 Å². The van der Waals surface area contributed by atoms with Crippen molar-refractivity contribution in [2.75, 3.05) is 0 Å². The Balaban J connectivity index is 2.60. The van der Waals surface area contributed by atoms with Gasteiger partial charge in [-0.1, -0.05) is 31.0 Å². The highest BCUT2D eigenvalue weighted by Gasteiger charge is 2.38. The first-order valence-electron chi connectivity index (χ1n) is 8.11. The second-order valence-corrected chi connectivity index (χ2v) is 6.39. The molecule has 1 aromatic carbocycles. The summed E-state index contributed by atoms with van der Waals surface area (Å²) in [5.74, 6) is -1.35. The van der Waals surface area contributed by atoms with E-state index in [-0.39, 0.29) is 23.5 Å². The van der Waals surface area contributed by atoms with E-state index in [1.807, 2.05) is 6.92 Å². The Kier molecular flexibility index (Phi) is 6.32. The number of carbonyl (C=O) groups is 1. The minimum atomic E-state index is -5.06. The van der Waals surface area contributed by atoms with Crippen molar-refractivity contribution in [1.29, 1.82) is 0 Å². The topological polar surface area (TPSA) is 55.1 Å². The maximum atomic E-state index is 13.4. The second-order valence-electron chi connectivity index (χ2n) is 6.03. The number of hydrogen-bond donors (Lipinski definition) is 1. The number of aryl methyl sites for hydroxylation is 1. The van der Waals surface area contributed by atoms with E-state index in [1.165, 1.54) is 0 Å². The molecule has 0 amide bonds. The molecule has 1 aromatic heterocycles. The first-order valence-corrected chi connectivity index (χ1v) is 8.49. The zero-order chi connectivity index (χ0) is 21.3. The van der Waals surface area contributed by atoms with Crippen LogP contribution >= 0.6 is 11.6 Å². The molecule has 154 valence electrons. The van der Waals surface area contributed by atoms with Gasteiger partial charge >= 0.3 is 18.3 Å². The molecule has 0 fully saturated rings. The number of rotatable bonds is 6. The molecule has 0 radical (unpaired) electrons. The predicted octanol–water partition coefficient (Wildman–Crippen LogP) is 5.66. The maximum absolute atomic E-state index is 13.4. The normalized spacial score (nSPS) is 12.4. The summed E-state index contributed by atoms with van der Waals surface area (Å²) < 4.78 is 79.5. The molecule has 4 nitrogen and oxygen atoms in total. The Bertz CT molecular complexity index is 874. The summed E-state index contributed by atoms with van der Waals surface area (Å²) in [5, 5.41) is 8.94. The van der Waals surface area contributed by atoms with Gasteiger partial charge in [-0.25, -0.2) is 9.78 Å². The van der Waals surface area contributed by atoms with Crippen molar-refractivity contribution in [3.05, 3.63) is 51.6 Å². The van der Waals surface area contributed by atoms with Crippen LogP contribution in [-0.4, -0.2) is 20.6 Å². The first kappa shape index (κ1) is 22.1. The number of halogens is 7. The Labute approximate surface area is 160 Å². The average Bonchev–Trinajstić information content (AvgIpc) is 2.86. The molecule has 0 saturated carbocycles. The van der Waals surface area contributed by atoms with Crippen molar-refractivity contribution in [3.63, 3.8) is 0 Å². The van der Waals surface area contributed by atoms with Crippen LogP contribution in [0.2, 0.25) is 5.15 Å². The summed E-state index contributed by atoms with van der Waals surface area (Å²) in [6.07, 6.45) is -8.47. The highest BCUT2D eigenvalue weighted by atomic mass is 35.5. The number of aromatic nitrogens is 2. The van der Waals surface area contributed by atoms with Gasteiger partial charge in [-0.2, -0.15) is 26.3 Å². The molecule has 2 aromatic rings. The van der Waals surface area contributed by atoms with Gasteiger partial charge in [-0.05, 0) is 24.1 Å². The fraction of sp³-hybridized carbons (Fsp3) is 0.412. The quantitative estimate of drug-likeness (QED) is 0.604. The number of alkyl halides is 6. The highest BCUT2D eigenvalue weighted by Crippen LogP contribution is 2.38. The average molecular weight is 429 g/mol. The van der Waals surface area contributed by atoms with Crippen molar-refractivity contribution >= 4 is 17.6 Å². The number of benzene rings is 1. The number of carboxylic acid groups (broad SMARTS) is 1. The molecule has 0 bridgehead atoms. The van der Waals surface area contributed by atoms with E-state index in [9.17, 15) is 36.2 Å². The van der Waals surface area contributed by atoms with E-state index in [4.69, 9.17) is 11.6 Å². The highest BCUT2D eigenvalue weighted by molar-refractivity contribution is 6.32. The van der Waals surface area contributed by atoms with Gasteiger partial charge in [0.2, 0.25) is 0 Å². The largest absolute Gasteiger partial charge is 0.476 e. The second kappa shape index (κ2) is 8.02. The summed E-state index contributed by atoms with van der Waals surface area (Å²) in [5.41, 5.74) is -3.97. The molecule has 0 unspecified atom stereocenters. The Hall–Kier alpha value is -2.23. The van der Waals surface area contributed by atoms with E-state index in [0.29, 0.717) is 25.0 Å². The van der Waals surface area contributed by atoms with Crippen LogP contribution in [0.25, 0.3) is 0 Å². The van der Waals surface area contributed by atoms with Crippen LogP contribution < -0.4 is 0 Å². The monoisotopic (exact) mass is 428 g/mol. The molecular weight excluding hydrogens is 414 g/mol. The Morgan fingerprint density at radius 3 is 2.32 bits per heavy atom. The SMILES string of the molecule is CCCCc1nc(Cl)c(C(=O)O)n1Cc1ccc(C(F)(F)F)cc1C(F)(F)F. The Morgan fingerprint density at radius 1 is 1.18 bits per heavy atom. The van der Waals surface area contributed by atoms with Gasteiger partial charge < -0.3 is 9.67 Å². The summed E-state index contributed by atoms with van der Waals surface area (Å²) in [6.45, 7) is 1.22. The van der Waals surface area contributed by atoms with E-state index in [1.54, 1.807) is 0 Å². The van der Waals surface area contributed by atoms with Crippen molar-refractivity contribution in [2.45, 2.75) is 45.1 Å². The molecule has 1 N–H and O–H groups in total. The van der Waals surface area contributed by atoms with Crippen LogP contribution in [-0.2, 0) is 25.3 Å². The zero-order valence-corrected chi connectivity index (χ0v) is 15.2. The maximum Gasteiger partial charge on any atom is 0.416 e. The third-order valence-corrected chi connectivity index (χ3v) is 4.30. The van der Waals surface area contributed by atoms with Gasteiger partial charge in [-0.3, -0.25) is 0 Å². The number of nitrogens with zero attached hydrogens (tertiary/aromatic N) is 2. The van der Waals surface area contributed by atoms with Crippen LogP contribution in [0.4, 0.5) is 26.3 Å². The summed E-state index contributed by atoms with van der Waals surface area (Å²) >= 11 is 5.82. The number of carboxylic acids is 1. The smallest absolute Gasteiger partial charge is 0.416 e. The lowest BCUT2D eigenvalue weighted by Gasteiger charge is -2.18. The lowest BCUT2D eigenvalue weighted by atomic mass is 10.0. The van der Waals surface area contributed by atoms with E-state index in [0.717, 1.165) is 4.57 Å². The molecule has 28 heavy (non-hydrogen) atoms. The van der Waals surface area contributed by atoms with Gasteiger partial charge in [0.15, 0.2) is 10.8 Å². The molecule has 0 aliphatic rings. The van der Waals surface area contributed by atoms with Gasteiger partial charge in [0, 0.05) is 6.42 Å². The summed E-state index contributed by atoms with van der Waals surface area (Å²) in [4.78, 5) is 15.4. The minimum Gasteiger partial charge on any atom is -0.476 e. The van der Waals surface area contributed by atoms with Crippen molar-refractivity contribution in [2.24, 2.45) is 0 Å². The predicted molar refractivity (Wildman–Crippen MR) is 88.4 cm³/mol. The fourth-order valence-electron chi connectivity index (χ4n) is 2.69. The van der Waals surface area contributed by atoms with Crippen molar-refractivity contribution in [1.82, 2.24) is 9.55 Å². The van der Waals surface area contributed by atoms with Crippen LogP contribution in [0.1, 0.15) is 52.8 Å². The molecule has 0 spiro atoms. The number of aromatic carboxylic acids is 1. The molecule has 2 rings (SSSR count). The third-order valence-electron chi connectivity index (χ3n) is 4.03. The number of hydrogen-bond acceptors (Lipinski definition) is 2. The van der Waals surface area contributed by atoms with E-state index >= 15 is 0 Å². The minimum absolute atomic E-state index is 0.0139. The van der Waals surface area contributed by atoms with Gasteiger partial charge in [0.25, 0.3) is 0 Å². The summed E-state index contributed by atoms with van der Waals surface area (Å²) in [7, 11) is 0. The molecule has 0 aliphatic heterocycles. The molecule has 0 saturated heterocycles. The molecule has 1 heterocycles. The lowest BCUT2D eigenvalue weighted by Crippen LogP contribution is -2.18. The number of unbranched alkanes of at least 4 members (excludes halogenated alkanes) is 1. The fourth-order valence-corrected chi connectivity index (χ4v) is 2.97. The van der Waals surface area contributed by atoms with Crippen molar-refractivity contribution in [3.8, 4) is 0 Å². The number of imidazole rings is 1. The van der Waals surface area contributed by atoms with Crippen molar-refractivity contribution < 1.29 is 36.2 Å².